The van der Waals surface area contributed by atoms with Gasteiger partial charge in [-0.05, 0) is 56.8 Å². The van der Waals surface area contributed by atoms with Gasteiger partial charge in [-0.25, -0.2) is 0 Å². The fraction of sp³-hybridized carbons (Fsp3) is 0.600. The lowest BCUT2D eigenvalue weighted by Gasteiger charge is -2.32. The molecule has 3 rings (SSSR count). The molecule has 6 nitrogen and oxygen atoms in total. The molecule has 2 fully saturated rings. The summed E-state index contributed by atoms with van der Waals surface area (Å²) < 4.78 is 5.27. The van der Waals surface area contributed by atoms with Crippen molar-refractivity contribution < 1.29 is 14.3 Å². The van der Waals surface area contributed by atoms with Gasteiger partial charge in [0.05, 0.1) is 19.3 Å². The van der Waals surface area contributed by atoms with Crippen LogP contribution in [0, 0.1) is 5.92 Å². The number of hydrogen-bond acceptors (Lipinski definition) is 4. The molecule has 6 heteroatoms. The Bertz CT molecular complexity index is 620. The molecule has 0 unspecified atom stereocenters. The van der Waals surface area contributed by atoms with Crippen molar-refractivity contribution in [3.63, 3.8) is 0 Å². The molecular weight excluding hydrogens is 330 g/mol. The molecule has 0 aromatic heterocycles. The van der Waals surface area contributed by atoms with E-state index in [1.54, 1.807) is 7.11 Å². The Labute approximate surface area is 155 Å². The molecule has 142 valence electrons. The van der Waals surface area contributed by atoms with Crippen molar-refractivity contribution in [1.29, 1.82) is 0 Å². The van der Waals surface area contributed by atoms with Gasteiger partial charge in [0.2, 0.25) is 11.8 Å². The van der Waals surface area contributed by atoms with Crippen LogP contribution in [0.25, 0.3) is 0 Å². The summed E-state index contributed by atoms with van der Waals surface area (Å²) in [6, 6.07) is 7.43. The van der Waals surface area contributed by atoms with Crippen molar-refractivity contribution >= 4 is 17.5 Å². The Morgan fingerprint density at radius 3 is 2.50 bits per heavy atom. The largest absolute Gasteiger partial charge is 0.495 e. The maximum atomic E-state index is 12.3. The molecule has 1 N–H and O–H groups in total. The number of hydrogen-bond donors (Lipinski definition) is 1. The number of nitrogens with zero attached hydrogens (tertiary/aromatic N) is 2. The third-order valence-electron chi connectivity index (χ3n) is 5.38. The van der Waals surface area contributed by atoms with Gasteiger partial charge in [-0.3, -0.25) is 14.5 Å². The number of anilines is 1. The summed E-state index contributed by atoms with van der Waals surface area (Å²) in [5, 5.41) is 2.92. The Balaban J connectivity index is 1.40. The summed E-state index contributed by atoms with van der Waals surface area (Å²) in [7, 11) is 1.60. The normalized spacial score (nSPS) is 18.7. The van der Waals surface area contributed by atoms with E-state index in [1.165, 1.54) is 0 Å². The Morgan fingerprint density at radius 2 is 1.81 bits per heavy atom. The molecule has 26 heavy (non-hydrogen) atoms. The van der Waals surface area contributed by atoms with E-state index in [0.29, 0.717) is 36.2 Å². The predicted molar refractivity (Wildman–Crippen MR) is 101 cm³/mol. The van der Waals surface area contributed by atoms with Crippen LogP contribution >= 0.6 is 0 Å². The van der Waals surface area contributed by atoms with E-state index in [0.717, 1.165) is 51.9 Å². The summed E-state index contributed by atoms with van der Waals surface area (Å²) in [4.78, 5) is 28.8. The van der Waals surface area contributed by atoms with Gasteiger partial charge in [-0.15, -0.1) is 0 Å². The fourth-order valence-corrected chi connectivity index (χ4v) is 3.83. The van der Waals surface area contributed by atoms with Crippen LogP contribution < -0.4 is 10.1 Å². The molecule has 1 aromatic rings. The molecule has 1 aromatic carbocycles. The number of carbonyl (C=O) groups excluding carboxylic acids is 2. The smallest absolute Gasteiger partial charge is 0.238 e. The summed E-state index contributed by atoms with van der Waals surface area (Å²) >= 11 is 0. The van der Waals surface area contributed by atoms with E-state index >= 15 is 0 Å². The second-order valence-corrected chi connectivity index (χ2v) is 7.26. The van der Waals surface area contributed by atoms with Gasteiger partial charge in [-0.2, -0.15) is 0 Å². The molecule has 0 spiro atoms. The number of amides is 2. The van der Waals surface area contributed by atoms with Gasteiger partial charge in [-0.1, -0.05) is 12.1 Å². The van der Waals surface area contributed by atoms with Crippen LogP contribution in [0.1, 0.15) is 32.1 Å². The highest BCUT2D eigenvalue weighted by Crippen LogP contribution is 2.24. The van der Waals surface area contributed by atoms with Crippen molar-refractivity contribution in [2.45, 2.75) is 32.1 Å². The first-order valence-electron chi connectivity index (χ1n) is 9.58. The van der Waals surface area contributed by atoms with Crippen LogP contribution in [0.3, 0.4) is 0 Å². The first-order valence-corrected chi connectivity index (χ1v) is 9.58. The molecule has 0 atom stereocenters. The van der Waals surface area contributed by atoms with E-state index in [2.05, 4.69) is 10.2 Å². The Morgan fingerprint density at radius 1 is 1.12 bits per heavy atom. The minimum Gasteiger partial charge on any atom is -0.495 e. The Kier molecular flexibility index (Phi) is 6.50. The van der Waals surface area contributed by atoms with E-state index in [1.807, 2.05) is 29.2 Å². The molecule has 0 radical (unpaired) electrons. The number of likely N-dealkylation sites (tertiary alicyclic amines) is 2. The molecule has 0 saturated carbocycles. The number of para-hydroxylation sites is 2. The monoisotopic (exact) mass is 359 g/mol. The fourth-order valence-electron chi connectivity index (χ4n) is 3.83. The lowest BCUT2D eigenvalue weighted by molar-refractivity contribution is -0.131. The molecule has 0 aliphatic carbocycles. The number of ether oxygens (including phenoxy) is 1. The van der Waals surface area contributed by atoms with Gasteiger partial charge in [0.15, 0.2) is 0 Å². The van der Waals surface area contributed by atoms with E-state index < -0.39 is 0 Å². The van der Waals surface area contributed by atoms with Crippen LogP contribution in [0.4, 0.5) is 5.69 Å². The standard InChI is InChI=1S/C20H29N3O3/c1-26-18-7-3-2-6-17(18)21-19(24)15-22-12-8-16(9-13-22)14-20(25)23-10-4-5-11-23/h2-3,6-7,16H,4-5,8-15H2,1H3,(H,21,24). The van der Waals surface area contributed by atoms with E-state index in [-0.39, 0.29) is 5.91 Å². The first-order chi connectivity index (χ1) is 12.7. The SMILES string of the molecule is COc1ccccc1NC(=O)CN1CCC(CC(=O)N2CCCC2)CC1. The predicted octanol–water partition coefficient (Wildman–Crippen LogP) is 2.36. The third kappa shape index (κ3) is 4.97. The number of benzene rings is 1. The first kappa shape index (κ1) is 18.7. The number of carbonyl (C=O) groups is 2. The molecule has 2 amide bonds. The van der Waals surface area contributed by atoms with Crippen LogP contribution in [-0.2, 0) is 9.59 Å². The van der Waals surface area contributed by atoms with E-state index in [4.69, 9.17) is 4.74 Å². The van der Waals surface area contributed by atoms with Gasteiger partial charge < -0.3 is 15.0 Å². The highest BCUT2D eigenvalue weighted by atomic mass is 16.5. The number of rotatable bonds is 6. The second kappa shape index (κ2) is 9.03. The highest BCUT2D eigenvalue weighted by molar-refractivity contribution is 5.93. The van der Waals surface area contributed by atoms with Gasteiger partial charge in [0, 0.05) is 19.5 Å². The number of methoxy groups -OCH3 is 1. The maximum Gasteiger partial charge on any atom is 0.238 e. The van der Waals surface area contributed by atoms with Crippen LogP contribution in [0.5, 0.6) is 5.75 Å². The van der Waals surface area contributed by atoms with Crippen molar-refractivity contribution in [2.75, 3.05) is 45.2 Å². The van der Waals surface area contributed by atoms with Crippen molar-refractivity contribution in [1.82, 2.24) is 9.80 Å². The Hall–Kier alpha value is -2.08. The van der Waals surface area contributed by atoms with Crippen LogP contribution in [0.15, 0.2) is 24.3 Å². The van der Waals surface area contributed by atoms with Gasteiger partial charge >= 0.3 is 0 Å². The number of piperidine rings is 1. The molecule has 2 heterocycles. The highest BCUT2D eigenvalue weighted by Gasteiger charge is 2.26. The molecule has 0 bridgehead atoms. The molecule has 2 aliphatic rings. The number of nitrogens with one attached hydrogen (secondary N) is 1. The summed E-state index contributed by atoms with van der Waals surface area (Å²) in [5.74, 6) is 1.41. The summed E-state index contributed by atoms with van der Waals surface area (Å²) in [6.07, 6.45) is 4.93. The molecule has 2 saturated heterocycles. The minimum absolute atomic E-state index is 0.0268. The van der Waals surface area contributed by atoms with Crippen molar-refractivity contribution in [3.05, 3.63) is 24.3 Å². The van der Waals surface area contributed by atoms with Gasteiger partial charge in [0.25, 0.3) is 0 Å². The third-order valence-corrected chi connectivity index (χ3v) is 5.38. The van der Waals surface area contributed by atoms with Gasteiger partial charge in [0.1, 0.15) is 5.75 Å². The lowest BCUT2D eigenvalue weighted by Crippen LogP contribution is -2.40. The van der Waals surface area contributed by atoms with Crippen molar-refractivity contribution in [2.24, 2.45) is 5.92 Å². The van der Waals surface area contributed by atoms with E-state index in [9.17, 15) is 9.59 Å². The minimum atomic E-state index is -0.0268. The maximum absolute atomic E-state index is 12.3. The molecule has 2 aliphatic heterocycles. The average molecular weight is 359 g/mol. The van der Waals surface area contributed by atoms with Crippen molar-refractivity contribution in [3.8, 4) is 5.75 Å². The topological polar surface area (TPSA) is 61.9 Å². The second-order valence-electron chi connectivity index (χ2n) is 7.26. The zero-order chi connectivity index (χ0) is 18.4. The average Bonchev–Trinajstić information content (AvgIpc) is 3.18. The molecular formula is C20H29N3O3. The zero-order valence-electron chi connectivity index (χ0n) is 15.6. The van der Waals surface area contributed by atoms with Crippen LogP contribution in [-0.4, -0.2) is 61.4 Å². The summed E-state index contributed by atoms with van der Waals surface area (Å²) in [5.41, 5.74) is 0.700. The zero-order valence-corrected chi connectivity index (χ0v) is 15.6. The quantitative estimate of drug-likeness (QED) is 0.847. The summed E-state index contributed by atoms with van der Waals surface area (Å²) in [6.45, 7) is 3.99. The van der Waals surface area contributed by atoms with Crippen LogP contribution in [0.2, 0.25) is 0 Å². The lowest BCUT2D eigenvalue weighted by atomic mass is 9.93.